The van der Waals surface area contributed by atoms with Crippen LogP contribution in [0.15, 0.2) is 11.8 Å². The molecule has 32 heavy (non-hydrogen) atoms. The molecule has 2 atom stereocenters. The molecular formula is C22H35N3O5S2. The average molecular weight is 486 g/mol. The minimum atomic E-state index is -3.57. The third-order valence-corrected chi connectivity index (χ3v) is 11.2. The minimum Gasteiger partial charge on any atom is -0.350 e. The fraction of sp³-hybridized carbons (Fsp3) is 0.818. The lowest BCUT2D eigenvalue weighted by Gasteiger charge is -2.40. The number of fused-ring (bicyclic) bond motifs is 2. The standard InChI is InChI=1S/C22H35N3O5S2/c1-4-31-12-9-23-19(27)17-14-21(30-24-17)7-10-25(11-8-21)32(28,29)15-22-6-5-16(13-18(22)26)20(22,2)3/h14,16,24H,4-13,15H2,1-3H3,(H,23,27). The molecule has 2 saturated carbocycles. The first-order chi connectivity index (χ1) is 15.1. The first-order valence-electron chi connectivity index (χ1n) is 11.6. The second-order valence-electron chi connectivity index (χ2n) is 10.1. The molecule has 10 heteroatoms. The molecule has 2 unspecified atom stereocenters. The van der Waals surface area contributed by atoms with Crippen LogP contribution in [-0.4, -0.2) is 66.9 Å². The van der Waals surface area contributed by atoms with E-state index in [0.29, 0.717) is 56.9 Å². The molecule has 0 radical (unpaired) electrons. The molecule has 2 bridgehead atoms. The number of hydroxylamine groups is 1. The fourth-order valence-corrected chi connectivity index (χ4v) is 8.72. The summed E-state index contributed by atoms with van der Waals surface area (Å²) in [7, 11) is -3.57. The van der Waals surface area contributed by atoms with Crippen molar-refractivity contribution < 1.29 is 22.8 Å². The number of ketones is 1. The van der Waals surface area contributed by atoms with Crippen molar-refractivity contribution in [2.75, 3.05) is 36.9 Å². The molecule has 1 amide bonds. The lowest BCUT2D eigenvalue weighted by Crippen LogP contribution is -2.51. The van der Waals surface area contributed by atoms with Gasteiger partial charge >= 0.3 is 0 Å². The average Bonchev–Trinajstić information content (AvgIpc) is 3.31. The molecule has 2 heterocycles. The number of rotatable bonds is 8. The van der Waals surface area contributed by atoms with E-state index in [9.17, 15) is 18.0 Å². The van der Waals surface area contributed by atoms with Gasteiger partial charge in [0, 0.05) is 37.2 Å². The quantitative estimate of drug-likeness (QED) is 0.506. The predicted molar refractivity (Wildman–Crippen MR) is 124 cm³/mol. The van der Waals surface area contributed by atoms with Crippen LogP contribution in [0.1, 0.15) is 52.9 Å². The Morgan fingerprint density at radius 1 is 1.31 bits per heavy atom. The third-order valence-electron chi connectivity index (χ3n) is 8.28. The van der Waals surface area contributed by atoms with Gasteiger partial charge in [0.25, 0.3) is 5.91 Å². The van der Waals surface area contributed by atoms with Crippen LogP contribution in [0.2, 0.25) is 0 Å². The van der Waals surface area contributed by atoms with E-state index in [1.807, 2.05) is 0 Å². The number of nitrogens with zero attached hydrogens (tertiary/aromatic N) is 1. The molecule has 2 N–H and O–H groups in total. The van der Waals surface area contributed by atoms with Gasteiger partial charge in [-0.25, -0.2) is 12.7 Å². The van der Waals surface area contributed by atoms with Gasteiger partial charge in [0.1, 0.15) is 17.1 Å². The van der Waals surface area contributed by atoms with E-state index in [0.717, 1.165) is 17.9 Å². The van der Waals surface area contributed by atoms with Crippen molar-refractivity contribution >= 4 is 33.5 Å². The number of nitrogens with one attached hydrogen (secondary N) is 2. The van der Waals surface area contributed by atoms with Gasteiger partial charge < -0.3 is 5.32 Å². The van der Waals surface area contributed by atoms with Gasteiger partial charge in [-0.3, -0.25) is 19.9 Å². The maximum Gasteiger partial charge on any atom is 0.269 e. The molecule has 180 valence electrons. The Hall–Kier alpha value is -1.10. The van der Waals surface area contributed by atoms with Gasteiger partial charge in [-0.15, -0.1) is 0 Å². The number of thioether (sulfide) groups is 1. The largest absolute Gasteiger partial charge is 0.350 e. The Balaban J connectivity index is 1.37. The summed E-state index contributed by atoms with van der Waals surface area (Å²) in [6, 6.07) is 0. The smallest absolute Gasteiger partial charge is 0.269 e. The van der Waals surface area contributed by atoms with Crippen molar-refractivity contribution in [1.29, 1.82) is 0 Å². The van der Waals surface area contributed by atoms with E-state index in [1.165, 1.54) is 4.31 Å². The maximum absolute atomic E-state index is 13.3. The minimum absolute atomic E-state index is 0.0896. The number of sulfonamides is 1. The van der Waals surface area contributed by atoms with Crippen LogP contribution in [0.5, 0.6) is 0 Å². The Bertz CT molecular complexity index is 909. The van der Waals surface area contributed by atoms with Crippen LogP contribution in [0.4, 0.5) is 0 Å². The van der Waals surface area contributed by atoms with Gasteiger partial charge in [-0.1, -0.05) is 20.8 Å². The highest BCUT2D eigenvalue weighted by molar-refractivity contribution is 7.99. The molecule has 1 saturated heterocycles. The van der Waals surface area contributed by atoms with Crippen LogP contribution in [0.3, 0.4) is 0 Å². The number of hydrogen-bond donors (Lipinski definition) is 2. The summed E-state index contributed by atoms with van der Waals surface area (Å²) < 4.78 is 28.2. The lowest BCUT2D eigenvalue weighted by molar-refractivity contribution is -0.128. The van der Waals surface area contributed by atoms with Gasteiger partial charge in [0.2, 0.25) is 10.0 Å². The van der Waals surface area contributed by atoms with Crippen molar-refractivity contribution in [2.24, 2.45) is 16.7 Å². The second kappa shape index (κ2) is 8.60. The summed E-state index contributed by atoms with van der Waals surface area (Å²) in [4.78, 5) is 30.9. The molecule has 4 aliphatic rings. The van der Waals surface area contributed by atoms with Gasteiger partial charge in [-0.2, -0.15) is 11.8 Å². The van der Waals surface area contributed by atoms with Gasteiger partial charge in [0.05, 0.1) is 5.75 Å². The van der Waals surface area contributed by atoms with Crippen LogP contribution in [-0.2, 0) is 24.4 Å². The molecule has 2 aliphatic heterocycles. The van der Waals surface area contributed by atoms with Gasteiger partial charge in [-0.05, 0) is 48.8 Å². The maximum atomic E-state index is 13.3. The Morgan fingerprint density at radius 2 is 2.03 bits per heavy atom. The summed E-state index contributed by atoms with van der Waals surface area (Å²) in [5, 5.41) is 2.87. The highest BCUT2D eigenvalue weighted by Gasteiger charge is 2.65. The molecule has 8 nitrogen and oxygen atoms in total. The summed E-state index contributed by atoms with van der Waals surface area (Å²) in [6.45, 7) is 7.42. The SMILES string of the molecule is CCSCCNC(=O)C1=CC2(CCN(S(=O)(=O)CC34CCC(CC3=O)C4(C)C)CC2)ON1. The first-order valence-corrected chi connectivity index (χ1v) is 14.4. The summed E-state index contributed by atoms with van der Waals surface area (Å²) in [5.41, 5.74) is 1.43. The zero-order chi connectivity index (χ0) is 23.2. The Kier molecular flexibility index (Phi) is 6.46. The zero-order valence-electron chi connectivity index (χ0n) is 19.2. The first kappa shape index (κ1) is 24.0. The molecule has 4 rings (SSSR count). The lowest BCUT2D eigenvalue weighted by atomic mass is 9.70. The number of hydrogen-bond acceptors (Lipinski definition) is 7. The second-order valence-corrected chi connectivity index (χ2v) is 13.5. The molecule has 3 fully saturated rings. The summed E-state index contributed by atoms with van der Waals surface area (Å²) in [6.07, 6.45) is 4.85. The number of piperidine rings is 1. The Morgan fingerprint density at radius 3 is 2.62 bits per heavy atom. The zero-order valence-corrected chi connectivity index (χ0v) is 20.9. The van der Waals surface area contributed by atoms with E-state index in [-0.39, 0.29) is 22.9 Å². The van der Waals surface area contributed by atoms with E-state index < -0.39 is 21.0 Å². The van der Waals surface area contributed by atoms with Crippen molar-refractivity contribution in [3.63, 3.8) is 0 Å². The van der Waals surface area contributed by atoms with Crippen LogP contribution >= 0.6 is 11.8 Å². The van der Waals surface area contributed by atoms with Crippen molar-refractivity contribution in [3.05, 3.63) is 11.8 Å². The topological polar surface area (TPSA) is 105 Å². The van der Waals surface area contributed by atoms with Crippen molar-refractivity contribution in [2.45, 2.75) is 58.5 Å². The third kappa shape index (κ3) is 4.01. The monoisotopic (exact) mass is 485 g/mol. The van der Waals surface area contributed by atoms with E-state index in [2.05, 4.69) is 31.6 Å². The van der Waals surface area contributed by atoms with E-state index in [1.54, 1.807) is 17.8 Å². The van der Waals surface area contributed by atoms with Crippen LogP contribution in [0, 0.1) is 16.7 Å². The molecule has 0 aromatic rings. The molecule has 1 spiro atoms. The number of carbonyl (C=O) groups excluding carboxylic acids is 2. The highest BCUT2D eigenvalue weighted by atomic mass is 32.2. The molecule has 0 aromatic heterocycles. The fourth-order valence-electron chi connectivity index (χ4n) is 5.97. The summed E-state index contributed by atoms with van der Waals surface area (Å²) >= 11 is 1.76. The van der Waals surface area contributed by atoms with Crippen LogP contribution < -0.4 is 10.8 Å². The van der Waals surface area contributed by atoms with E-state index >= 15 is 0 Å². The van der Waals surface area contributed by atoms with Crippen molar-refractivity contribution in [3.8, 4) is 0 Å². The number of Topliss-reactive ketones (excluding diaryl/α,β-unsaturated/α-hetero) is 1. The van der Waals surface area contributed by atoms with Crippen molar-refractivity contribution in [1.82, 2.24) is 15.1 Å². The van der Waals surface area contributed by atoms with E-state index in [4.69, 9.17) is 4.84 Å². The predicted octanol–water partition coefficient (Wildman–Crippen LogP) is 1.83. The Labute approximate surface area is 195 Å². The van der Waals surface area contributed by atoms with Crippen LogP contribution in [0.25, 0.3) is 0 Å². The molecule has 2 aliphatic carbocycles. The molecular weight excluding hydrogens is 450 g/mol. The number of amides is 1. The highest BCUT2D eigenvalue weighted by Crippen LogP contribution is 2.64. The normalized spacial score (nSPS) is 31.0. The summed E-state index contributed by atoms with van der Waals surface area (Å²) in [5.74, 6) is 1.99. The molecule has 0 aromatic carbocycles. The number of carbonyl (C=O) groups is 2. The van der Waals surface area contributed by atoms with Gasteiger partial charge in [0.15, 0.2) is 0 Å².